The number of rotatable bonds is 43. The van der Waals surface area contributed by atoms with E-state index in [1.165, 1.54) is 161 Å². The predicted octanol–water partition coefficient (Wildman–Crippen LogP) is 9.06. The third-order valence-electron chi connectivity index (χ3n) is 12.7. The number of amides is 1. The first-order valence-electron chi connectivity index (χ1n) is 25.4. The molecule has 9 atom stereocenters. The van der Waals surface area contributed by atoms with Crippen molar-refractivity contribution in [3.8, 4) is 0 Å². The molecule has 0 aromatic carbocycles. The van der Waals surface area contributed by atoms with E-state index in [0.29, 0.717) is 19.3 Å². The highest BCUT2D eigenvalue weighted by atomic mass is 16.7. The quantitative estimate of drug-likeness (QED) is 0.0275. The maximum absolute atomic E-state index is 13.1. The van der Waals surface area contributed by atoms with Crippen LogP contribution in [0, 0.1) is 0 Å². The van der Waals surface area contributed by atoms with Crippen LogP contribution in [-0.4, -0.2) is 110 Å². The third kappa shape index (κ3) is 28.7. The number of carbonyl (C=O) groups is 1. The van der Waals surface area contributed by atoms with Gasteiger partial charge in [-0.25, -0.2) is 0 Å². The Morgan fingerprint density at radius 2 is 0.867 bits per heavy atom. The van der Waals surface area contributed by atoms with Crippen molar-refractivity contribution >= 4 is 5.91 Å². The molecule has 0 aromatic heterocycles. The van der Waals surface area contributed by atoms with Crippen molar-refractivity contribution in [2.24, 2.45) is 0 Å². The molecule has 60 heavy (non-hydrogen) atoms. The summed E-state index contributed by atoms with van der Waals surface area (Å²) in [5.41, 5.74) is 0. The minimum absolute atomic E-state index is 0.266. The van der Waals surface area contributed by atoms with Gasteiger partial charge in [0.2, 0.25) is 5.91 Å². The second-order valence-corrected chi connectivity index (χ2v) is 18.3. The van der Waals surface area contributed by atoms with Crippen LogP contribution in [0.25, 0.3) is 0 Å². The Kier molecular flexibility index (Phi) is 37.8. The molecule has 0 bridgehead atoms. The number of aliphatic hydroxyl groups is 7. The lowest BCUT2D eigenvalue weighted by Crippen LogP contribution is -2.60. The molecule has 1 rings (SSSR count). The molecule has 0 aromatic rings. The van der Waals surface area contributed by atoms with E-state index < -0.39 is 74.2 Å². The lowest BCUT2D eigenvalue weighted by atomic mass is 9.98. The molecule has 0 spiro atoms. The molecule has 9 unspecified atom stereocenters. The van der Waals surface area contributed by atoms with Gasteiger partial charge in [-0.15, -0.1) is 0 Å². The zero-order valence-electron chi connectivity index (χ0n) is 38.7. The molecule has 1 aliphatic heterocycles. The molecule has 0 aliphatic carbocycles. The number of unbranched alkanes of at least 4 members (excludes halogenated alkanes) is 31. The van der Waals surface area contributed by atoms with Gasteiger partial charge in [-0.2, -0.15) is 0 Å². The van der Waals surface area contributed by atoms with Crippen LogP contribution in [-0.2, 0) is 14.3 Å². The van der Waals surface area contributed by atoms with Crippen molar-refractivity contribution < 1.29 is 50.0 Å². The van der Waals surface area contributed by atoms with Gasteiger partial charge in [-0.1, -0.05) is 226 Å². The van der Waals surface area contributed by atoms with Crippen LogP contribution in [0.1, 0.15) is 239 Å². The first-order chi connectivity index (χ1) is 29.2. The smallest absolute Gasteiger partial charge is 0.249 e. The summed E-state index contributed by atoms with van der Waals surface area (Å²) in [7, 11) is 0. The molecular formula is C49H97NO10. The highest BCUT2D eigenvalue weighted by Crippen LogP contribution is 2.23. The zero-order valence-corrected chi connectivity index (χ0v) is 38.7. The Balaban J connectivity index is 2.38. The maximum Gasteiger partial charge on any atom is 0.249 e. The molecule has 11 heteroatoms. The Morgan fingerprint density at radius 1 is 0.517 bits per heavy atom. The first-order valence-corrected chi connectivity index (χ1v) is 25.4. The number of nitrogens with one attached hydrogen (secondary N) is 1. The van der Waals surface area contributed by atoms with Crippen molar-refractivity contribution in [3.63, 3.8) is 0 Å². The van der Waals surface area contributed by atoms with E-state index in [-0.39, 0.29) is 6.42 Å². The van der Waals surface area contributed by atoms with Crippen LogP contribution in [0.15, 0.2) is 0 Å². The van der Waals surface area contributed by atoms with Gasteiger partial charge in [0, 0.05) is 0 Å². The number of carbonyl (C=O) groups excluding carboxylic acids is 1. The Bertz CT molecular complexity index is 944. The van der Waals surface area contributed by atoms with Crippen LogP contribution in [0.5, 0.6) is 0 Å². The monoisotopic (exact) mass is 860 g/mol. The summed E-state index contributed by atoms with van der Waals surface area (Å²) >= 11 is 0. The maximum atomic E-state index is 13.1. The summed E-state index contributed by atoms with van der Waals surface area (Å²) in [5.74, 6) is -0.693. The highest BCUT2D eigenvalue weighted by molar-refractivity contribution is 5.80. The standard InChI is InChI=1S/C49H97NO10/c1-3-5-7-9-11-13-15-17-19-20-21-22-23-25-26-28-30-32-34-36-41(52)44(54)40(39-59-49-47(57)46(56)45(55)43(38-51)60-49)50-48(58)42(53)37-35-33-31-29-27-24-18-16-14-12-10-8-6-4-2/h40-47,49,51-57H,3-39H2,1-2H3,(H,50,58). The molecule has 358 valence electrons. The van der Waals surface area contributed by atoms with Crippen molar-refractivity contribution in [2.45, 2.75) is 294 Å². The number of aliphatic hydroxyl groups excluding tert-OH is 7. The average Bonchev–Trinajstić information content (AvgIpc) is 3.25. The van der Waals surface area contributed by atoms with E-state index in [9.17, 15) is 40.5 Å². The van der Waals surface area contributed by atoms with Crippen molar-refractivity contribution in [1.82, 2.24) is 5.32 Å². The van der Waals surface area contributed by atoms with Gasteiger partial charge in [0.05, 0.1) is 25.4 Å². The fourth-order valence-corrected chi connectivity index (χ4v) is 8.44. The molecule has 1 fully saturated rings. The topological polar surface area (TPSA) is 189 Å². The van der Waals surface area contributed by atoms with Crippen LogP contribution in [0.2, 0.25) is 0 Å². The van der Waals surface area contributed by atoms with Gasteiger partial charge in [0.15, 0.2) is 6.29 Å². The fraction of sp³-hybridized carbons (Fsp3) is 0.980. The second kappa shape index (κ2) is 39.7. The van der Waals surface area contributed by atoms with E-state index in [1.807, 2.05) is 0 Å². The first kappa shape index (κ1) is 57.1. The van der Waals surface area contributed by atoms with Crippen LogP contribution in [0.4, 0.5) is 0 Å². The Hall–Kier alpha value is -0.890. The largest absolute Gasteiger partial charge is 0.394 e. The lowest BCUT2D eigenvalue weighted by molar-refractivity contribution is -0.303. The van der Waals surface area contributed by atoms with Crippen molar-refractivity contribution in [2.75, 3.05) is 13.2 Å². The normalized spacial score (nSPS) is 21.5. The predicted molar refractivity (Wildman–Crippen MR) is 243 cm³/mol. The molecule has 1 amide bonds. The van der Waals surface area contributed by atoms with Crippen LogP contribution < -0.4 is 5.32 Å². The van der Waals surface area contributed by atoms with E-state index in [4.69, 9.17) is 9.47 Å². The second-order valence-electron chi connectivity index (χ2n) is 18.3. The lowest BCUT2D eigenvalue weighted by Gasteiger charge is -2.40. The number of hydrogen-bond donors (Lipinski definition) is 8. The van der Waals surface area contributed by atoms with Gasteiger partial charge in [0.1, 0.15) is 36.6 Å². The minimum atomic E-state index is -1.66. The number of ether oxygens (including phenoxy) is 2. The van der Waals surface area contributed by atoms with Gasteiger partial charge < -0.3 is 50.5 Å². The summed E-state index contributed by atoms with van der Waals surface area (Å²) in [5, 5.41) is 75.8. The molecule has 0 radical (unpaired) electrons. The SMILES string of the molecule is CCCCCCCCCCCCCCCCCCCCCC(O)C(O)C(COC1OC(CO)C(O)C(O)C1O)NC(=O)C(O)CCCCCCCCCCCCCCCC. The Labute approximate surface area is 367 Å². The molecule has 11 nitrogen and oxygen atoms in total. The van der Waals surface area contributed by atoms with Crippen LogP contribution in [0.3, 0.4) is 0 Å². The summed E-state index contributed by atoms with van der Waals surface area (Å²) < 4.78 is 11.1. The zero-order chi connectivity index (χ0) is 44.1. The van der Waals surface area contributed by atoms with Crippen molar-refractivity contribution in [3.05, 3.63) is 0 Å². The van der Waals surface area contributed by atoms with Crippen LogP contribution >= 0.6 is 0 Å². The average molecular weight is 860 g/mol. The van der Waals surface area contributed by atoms with Gasteiger partial charge in [0.25, 0.3) is 0 Å². The summed E-state index contributed by atoms with van der Waals surface area (Å²) in [6.45, 7) is 3.47. The molecule has 1 heterocycles. The molecule has 0 saturated carbocycles. The third-order valence-corrected chi connectivity index (χ3v) is 12.7. The summed E-state index contributed by atoms with van der Waals surface area (Å²) in [4.78, 5) is 13.1. The van der Waals surface area contributed by atoms with E-state index in [2.05, 4.69) is 19.2 Å². The van der Waals surface area contributed by atoms with Gasteiger partial charge in [-0.3, -0.25) is 4.79 Å². The molecule has 1 aliphatic rings. The van der Waals surface area contributed by atoms with E-state index in [0.717, 1.165) is 38.5 Å². The highest BCUT2D eigenvalue weighted by Gasteiger charge is 2.44. The Morgan fingerprint density at radius 3 is 1.23 bits per heavy atom. The van der Waals surface area contributed by atoms with Crippen molar-refractivity contribution in [1.29, 1.82) is 0 Å². The van der Waals surface area contributed by atoms with E-state index in [1.54, 1.807) is 0 Å². The van der Waals surface area contributed by atoms with Gasteiger partial charge >= 0.3 is 0 Å². The van der Waals surface area contributed by atoms with Gasteiger partial charge in [-0.05, 0) is 12.8 Å². The summed E-state index contributed by atoms with van der Waals surface area (Å²) in [6.07, 6.45) is 30.0. The fourth-order valence-electron chi connectivity index (χ4n) is 8.44. The van der Waals surface area contributed by atoms with E-state index >= 15 is 0 Å². The molecular weight excluding hydrogens is 763 g/mol. The molecule has 1 saturated heterocycles. The number of hydrogen-bond acceptors (Lipinski definition) is 10. The minimum Gasteiger partial charge on any atom is -0.394 e. The molecule has 8 N–H and O–H groups in total. The summed E-state index contributed by atoms with van der Waals surface area (Å²) in [6, 6.07) is -1.16.